The molecule has 0 fully saturated rings. The highest BCUT2D eigenvalue weighted by atomic mass is 15.3. The van der Waals surface area contributed by atoms with Crippen LogP contribution in [0, 0.1) is 0 Å². The fraction of sp³-hybridized carbons (Fsp3) is 0.700. The van der Waals surface area contributed by atoms with Crippen LogP contribution in [0.2, 0.25) is 0 Å². The van der Waals surface area contributed by atoms with Gasteiger partial charge in [0.05, 0.1) is 20.6 Å². The number of nitrogens with zero attached hydrogens (tertiary/aromatic N) is 1. The fourth-order valence-electron chi connectivity index (χ4n) is 2.96. The molecule has 21 heavy (non-hydrogen) atoms. The zero-order chi connectivity index (χ0) is 15.4. The van der Waals surface area contributed by atoms with Crippen molar-refractivity contribution in [3.63, 3.8) is 0 Å². The molecule has 0 saturated carbocycles. The largest absolute Gasteiger partial charge is 0.296 e. The van der Waals surface area contributed by atoms with Crippen LogP contribution < -0.4 is 4.48 Å². The van der Waals surface area contributed by atoms with Gasteiger partial charge in [0.25, 0.3) is 0 Å². The number of quaternary nitrogens is 1. The van der Waals surface area contributed by atoms with E-state index in [0.29, 0.717) is 0 Å². The monoisotopic (exact) mass is 290 g/mol. The van der Waals surface area contributed by atoms with Gasteiger partial charge < -0.3 is 0 Å². The zero-order valence-electron chi connectivity index (χ0n) is 14.6. The van der Waals surface area contributed by atoms with Crippen molar-refractivity contribution in [1.29, 1.82) is 0 Å². The van der Waals surface area contributed by atoms with E-state index in [1.165, 1.54) is 76.4 Å². The lowest BCUT2D eigenvalue weighted by molar-refractivity contribution is 0.380. The predicted molar refractivity (Wildman–Crippen MR) is 96.8 cm³/mol. The quantitative estimate of drug-likeness (QED) is 0.319. The molecule has 0 heterocycles. The lowest BCUT2D eigenvalue weighted by Gasteiger charge is -2.29. The van der Waals surface area contributed by atoms with E-state index < -0.39 is 0 Å². The van der Waals surface area contributed by atoms with Crippen molar-refractivity contribution >= 4 is 5.69 Å². The van der Waals surface area contributed by atoms with Crippen LogP contribution >= 0.6 is 0 Å². The number of benzene rings is 1. The Morgan fingerprint density at radius 2 is 1.14 bits per heavy atom. The van der Waals surface area contributed by atoms with Crippen molar-refractivity contribution in [2.75, 3.05) is 20.6 Å². The van der Waals surface area contributed by atoms with Crippen molar-refractivity contribution in [2.45, 2.75) is 71.1 Å². The normalized spacial score (nSPS) is 11.8. The Kier molecular flexibility index (Phi) is 9.41. The summed E-state index contributed by atoms with van der Waals surface area (Å²) in [6.07, 6.45) is 14.2. The van der Waals surface area contributed by atoms with Crippen molar-refractivity contribution in [3.8, 4) is 0 Å². The molecule has 0 unspecified atom stereocenters. The van der Waals surface area contributed by atoms with E-state index in [1.54, 1.807) is 0 Å². The van der Waals surface area contributed by atoms with E-state index in [1.807, 2.05) is 0 Å². The molecule has 0 amide bonds. The summed E-state index contributed by atoms with van der Waals surface area (Å²) < 4.78 is 1.01. The number of hydrogen-bond acceptors (Lipinski definition) is 0. The van der Waals surface area contributed by atoms with Gasteiger partial charge in [-0.15, -0.1) is 0 Å². The Labute approximate surface area is 133 Å². The highest BCUT2D eigenvalue weighted by molar-refractivity contribution is 5.40. The van der Waals surface area contributed by atoms with Gasteiger partial charge in [-0.25, -0.2) is 0 Å². The first kappa shape index (κ1) is 18.2. The number of rotatable bonds is 12. The Bertz CT molecular complexity index is 342. The molecule has 0 aliphatic carbocycles. The number of para-hydroxylation sites is 1. The summed E-state index contributed by atoms with van der Waals surface area (Å²) in [5.74, 6) is 0. The fourth-order valence-corrected chi connectivity index (χ4v) is 2.96. The van der Waals surface area contributed by atoms with Gasteiger partial charge in [0.15, 0.2) is 0 Å². The van der Waals surface area contributed by atoms with Gasteiger partial charge in [0.1, 0.15) is 5.69 Å². The van der Waals surface area contributed by atoms with Crippen LogP contribution in [0.1, 0.15) is 71.1 Å². The summed E-state index contributed by atoms with van der Waals surface area (Å²) in [6.45, 7) is 3.54. The number of unbranched alkanes of at least 4 members (excludes halogenated alkanes) is 9. The van der Waals surface area contributed by atoms with Gasteiger partial charge in [-0.2, -0.15) is 0 Å². The molecule has 0 aliphatic rings. The summed E-state index contributed by atoms with van der Waals surface area (Å²) in [5.41, 5.74) is 1.42. The number of hydrogen-bond donors (Lipinski definition) is 0. The molecule has 0 bridgehead atoms. The second-order valence-electron chi connectivity index (χ2n) is 6.93. The lowest BCUT2D eigenvalue weighted by Crippen LogP contribution is -2.41. The molecule has 0 spiro atoms. The molecule has 0 atom stereocenters. The minimum Gasteiger partial charge on any atom is -0.296 e. The Hall–Kier alpha value is -0.820. The first-order valence-corrected chi connectivity index (χ1v) is 9.05. The van der Waals surface area contributed by atoms with Crippen LogP contribution in [-0.2, 0) is 0 Å². The van der Waals surface area contributed by atoms with Gasteiger partial charge in [-0.1, -0.05) is 76.5 Å². The molecule has 1 aromatic rings. The molecule has 0 radical (unpaired) electrons. The maximum absolute atomic E-state index is 2.32. The molecule has 1 aromatic carbocycles. The Morgan fingerprint density at radius 3 is 1.67 bits per heavy atom. The molecule has 1 rings (SSSR count). The van der Waals surface area contributed by atoms with Crippen LogP contribution in [0.3, 0.4) is 0 Å². The first-order valence-electron chi connectivity index (χ1n) is 9.05. The van der Waals surface area contributed by atoms with E-state index in [0.717, 1.165) is 4.48 Å². The molecule has 0 aromatic heterocycles. The minimum atomic E-state index is 1.01. The van der Waals surface area contributed by atoms with Crippen molar-refractivity contribution in [2.24, 2.45) is 0 Å². The van der Waals surface area contributed by atoms with Crippen molar-refractivity contribution < 1.29 is 0 Å². The van der Waals surface area contributed by atoms with E-state index >= 15 is 0 Å². The smallest absolute Gasteiger partial charge is 0.132 e. The first-order chi connectivity index (χ1) is 10.2. The Balaban J connectivity index is 2.01. The summed E-state index contributed by atoms with van der Waals surface area (Å²) in [7, 11) is 4.64. The van der Waals surface area contributed by atoms with E-state index in [-0.39, 0.29) is 0 Å². The van der Waals surface area contributed by atoms with E-state index in [2.05, 4.69) is 51.4 Å². The summed E-state index contributed by atoms with van der Waals surface area (Å²) in [6, 6.07) is 10.9. The van der Waals surface area contributed by atoms with Crippen molar-refractivity contribution in [1.82, 2.24) is 4.48 Å². The van der Waals surface area contributed by atoms with Gasteiger partial charge in [0.2, 0.25) is 0 Å². The Morgan fingerprint density at radius 1 is 0.667 bits per heavy atom. The zero-order valence-corrected chi connectivity index (χ0v) is 14.6. The summed E-state index contributed by atoms with van der Waals surface area (Å²) in [4.78, 5) is 0. The van der Waals surface area contributed by atoms with Gasteiger partial charge in [-0.3, -0.25) is 4.48 Å². The summed E-state index contributed by atoms with van der Waals surface area (Å²) in [5, 5.41) is 0. The van der Waals surface area contributed by atoms with Gasteiger partial charge in [-0.05, 0) is 25.0 Å². The highest BCUT2D eigenvalue weighted by Gasteiger charge is 2.17. The van der Waals surface area contributed by atoms with Crippen LogP contribution in [-0.4, -0.2) is 20.6 Å². The molecule has 1 heteroatoms. The molecule has 0 aliphatic heterocycles. The van der Waals surface area contributed by atoms with E-state index in [4.69, 9.17) is 0 Å². The molecule has 1 nitrogen and oxygen atoms in total. The second kappa shape index (κ2) is 10.8. The third-order valence-electron chi connectivity index (χ3n) is 4.53. The van der Waals surface area contributed by atoms with Crippen LogP contribution in [0.15, 0.2) is 30.3 Å². The lowest BCUT2D eigenvalue weighted by atomic mass is 10.1. The topological polar surface area (TPSA) is 0 Å². The molecule has 0 saturated heterocycles. The molecular weight excluding hydrogens is 254 g/mol. The average molecular weight is 291 g/mol. The van der Waals surface area contributed by atoms with Crippen LogP contribution in [0.5, 0.6) is 0 Å². The molecule has 0 N–H and O–H groups in total. The summed E-state index contributed by atoms with van der Waals surface area (Å²) >= 11 is 0. The van der Waals surface area contributed by atoms with Gasteiger partial charge >= 0.3 is 0 Å². The maximum Gasteiger partial charge on any atom is 0.132 e. The second-order valence-corrected chi connectivity index (χ2v) is 6.93. The van der Waals surface area contributed by atoms with E-state index in [9.17, 15) is 0 Å². The molecular formula is C20H36N+. The molecule has 120 valence electrons. The third kappa shape index (κ3) is 8.26. The van der Waals surface area contributed by atoms with Crippen LogP contribution in [0.4, 0.5) is 5.69 Å². The van der Waals surface area contributed by atoms with Crippen LogP contribution in [0.25, 0.3) is 0 Å². The maximum atomic E-state index is 2.32. The third-order valence-corrected chi connectivity index (χ3v) is 4.53. The predicted octanol–water partition coefficient (Wildman–Crippen LogP) is 6.17. The SMILES string of the molecule is CCCCCCCCCCCC[N+](C)(C)c1ccccc1. The van der Waals surface area contributed by atoms with Crippen molar-refractivity contribution in [3.05, 3.63) is 30.3 Å². The highest BCUT2D eigenvalue weighted by Crippen LogP contribution is 2.19. The minimum absolute atomic E-state index is 1.01. The standard InChI is InChI=1S/C20H36N/c1-4-5-6-7-8-9-10-11-12-16-19-21(2,3)20-17-14-13-15-18-20/h13-15,17-18H,4-12,16,19H2,1-3H3/q+1. The average Bonchev–Trinajstić information content (AvgIpc) is 2.50. The van der Waals surface area contributed by atoms with Gasteiger partial charge in [0, 0.05) is 0 Å².